The number of hydrogen-bond acceptors (Lipinski definition) is 0. The maximum absolute atomic E-state index is 13.8. The number of allylic oxidation sites excluding steroid dienone is 4. The van der Waals surface area contributed by atoms with Crippen LogP contribution in [0, 0.1) is 0 Å². The average molecular weight is 271 g/mol. The van der Waals surface area contributed by atoms with Gasteiger partial charge in [0.15, 0.2) is 0 Å². The van der Waals surface area contributed by atoms with Gasteiger partial charge in [-0.25, -0.2) is 0 Å². The second-order valence-corrected chi connectivity index (χ2v) is 6.16. The summed E-state index contributed by atoms with van der Waals surface area (Å²) in [6, 6.07) is 13.4. The minimum absolute atomic E-state index is 0.388. The zero-order valence-corrected chi connectivity index (χ0v) is 11.3. The van der Waals surface area contributed by atoms with Crippen LogP contribution < -0.4 is 0 Å². The molecular weight excluding hydrogens is 258 g/mol. The van der Waals surface area contributed by atoms with Crippen LogP contribution in [0.2, 0.25) is 0 Å². The molecule has 3 rings (SSSR count). The summed E-state index contributed by atoms with van der Waals surface area (Å²) in [5, 5.41) is 0.855. The smallest absolute Gasteiger partial charge is 0.267 e. The van der Waals surface area contributed by atoms with E-state index in [1.54, 1.807) is 12.2 Å². The molecule has 1 radical (unpaired) electrons. The molecule has 1 unspecified atom stereocenters. The van der Waals surface area contributed by atoms with E-state index < -0.39 is 14.5 Å². The maximum Gasteiger partial charge on any atom is 0.491 e. The Morgan fingerprint density at radius 3 is 2.47 bits per heavy atom. The summed E-state index contributed by atoms with van der Waals surface area (Å²) in [7, 11) is -3.48. The highest BCUT2D eigenvalue weighted by atomic mass is 28.4. The van der Waals surface area contributed by atoms with E-state index in [4.69, 9.17) is 0 Å². The lowest BCUT2D eigenvalue weighted by atomic mass is 9.87. The van der Waals surface area contributed by atoms with Crippen molar-refractivity contribution in [2.24, 2.45) is 0 Å². The van der Waals surface area contributed by atoms with E-state index in [0.717, 1.165) is 16.3 Å². The van der Waals surface area contributed by atoms with Crippen molar-refractivity contribution in [3.05, 3.63) is 72.3 Å². The van der Waals surface area contributed by atoms with E-state index in [1.807, 2.05) is 54.6 Å². The third-order valence-electron chi connectivity index (χ3n) is 3.68. The second-order valence-electron chi connectivity index (χ2n) is 4.75. The third kappa shape index (κ3) is 1.94. The summed E-state index contributed by atoms with van der Waals surface area (Å²) < 4.78 is 27.6. The van der Waals surface area contributed by atoms with Gasteiger partial charge in [0.1, 0.15) is 0 Å². The fourth-order valence-electron chi connectivity index (χ4n) is 2.68. The summed E-state index contributed by atoms with van der Waals surface area (Å²) in [5.41, 5.74) is 0.755. The largest absolute Gasteiger partial charge is 0.491 e. The standard InChI is InChI=1S/C16H13F2Si/c17-19(18)16(11-4-1-5-12-16)15-10-6-8-13-7-2-3-9-14(13)15/h1-11H,12H2. The Labute approximate surface area is 113 Å². The van der Waals surface area contributed by atoms with Crippen LogP contribution in [0.3, 0.4) is 0 Å². The lowest BCUT2D eigenvalue weighted by molar-refractivity contribution is 0.553. The molecule has 1 aliphatic carbocycles. The van der Waals surface area contributed by atoms with E-state index >= 15 is 0 Å². The molecular formula is C16H13F2Si. The molecule has 1 aliphatic rings. The van der Waals surface area contributed by atoms with Gasteiger partial charge in [-0.2, -0.15) is 0 Å². The molecule has 0 heterocycles. The molecule has 0 aliphatic heterocycles. The first kappa shape index (κ1) is 12.3. The van der Waals surface area contributed by atoms with Crippen molar-refractivity contribution in [1.82, 2.24) is 0 Å². The van der Waals surface area contributed by atoms with Gasteiger partial charge in [0.25, 0.3) is 0 Å². The highest BCUT2D eigenvalue weighted by Gasteiger charge is 2.44. The van der Waals surface area contributed by atoms with Crippen molar-refractivity contribution in [2.45, 2.75) is 11.5 Å². The Morgan fingerprint density at radius 2 is 1.74 bits per heavy atom. The van der Waals surface area contributed by atoms with Gasteiger partial charge in [-0.05, 0) is 22.8 Å². The van der Waals surface area contributed by atoms with Crippen molar-refractivity contribution >= 4 is 20.2 Å². The Hall–Kier alpha value is -1.74. The van der Waals surface area contributed by atoms with Gasteiger partial charge < -0.3 is 0 Å². The van der Waals surface area contributed by atoms with Crippen LogP contribution in [0.25, 0.3) is 10.8 Å². The molecule has 0 saturated carbocycles. The summed E-state index contributed by atoms with van der Waals surface area (Å²) >= 11 is 0. The van der Waals surface area contributed by atoms with Crippen LogP contribution in [0.5, 0.6) is 0 Å². The third-order valence-corrected chi connectivity index (χ3v) is 4.99. The maximum atomic E-state index is 13.8. The Morgan fingerprint density at radius 1 is 0.947 bits per heavy atom. The number of benzene rings is 2. The van der Waals surface area contributed by atoms with E-state index in [9.17, 15) is 8.22 Å². The highest BCUT2D eigenvalue weighted by molar-refractivity contribution is 6.48. The summed E-state index contributed by atoms with van der Waals surface area (Å²) in [5.74, 6) is 0. The SMILES string of the molecule is F[Si](F)C1(c2cccc3ccccc23)C=CC=CC1. The van der Waals surface area contributed by atoms with Gasteiger partial charge in [0.2, 0.25) is 0 Å². The van der Waals surface area contributed by atoms with Crippen LogP contribution in [-0.4, -0.2) is 9.46 Å². The topological polar surface area (TPSA) is 0 Å². The minimum atomic E-state index is -3.48. The molecule has 1 atom stereocenters. The molecule has 95 valence electrons. The van der Waals surface area contributed by atoms with Gasteiger partial charge in [-0.3, -0.25) is 8.22 Å². The van der Waals surface area contributed by atoms with Crippen molar-refractivity contribution in [3.8, 4) is 0 Å². The predicted octanol–water partition coefficient (Wildman–Crippen LogP) is 4.56. The second kappa shape index (κ2) is 4.74. The first-order valence-corrected chi connectivity index (χ1v) is 7.51. The van der Waals surface area contributed by atoms with Crippen molar-refractivity contribution in [1.29, 1.82) is 0 Å². The van der Waals surface area contributed by atoms with E-state index in [2.05, 4.69) is 0 Å². The van der Waals surface area contributed by atoms with Gasteiger partial charge >= 0.3 is 9.46 Å². The molecule has 0 bridgehead atoms. The number of fused-ring (bicyclic) bond motifs is 1. The first-order valence-electron chi connectivity index (χ1n) is 6.25. The molecule has 0 N–H and O–H groups in total. The molecule has 2 aromatic rings. The molecule has 0 aromatic heterocycles. The van der Waals surface area contributed by atoms with Crippen LogP contribution in [0.4, 0.5) is 8.22 Å². The zero-order chi connectivity index (χ0) is 13.3. The van der Waals surface area contributed by atoms with E-state index in [1.165, 1.54) is 0 Å². The molecule has 0 amide bonds. The van der Waals surface area contributed by atoms with Gasteiger partial charge in [-0.15, -0.1) is 0 Å². The average Bonchev–Trinajstić information content (AvgIpc) is 2.47. The number of halogens is 2. The Bertz CT molecular complexity index is 655. The number of rotatable bonds is 2. The zero-order valence-electron chi connectivity index (χ0n) is 10.3. The van der Waals surface area contributed by atoms with Crippen molar-refractivity contribution < 1.29 is 8.22 Å². The first-order chi connectivity index (χ1) is 9.24. The fraction of sp³-hybridized carbons (Fsp3) is 0.125. The Kier molecular flexibility index (Phi) is 3.07. The lowest BCUT2D eigenvalue weighted by Gasteiger charge is -2.30. The molecule has 2 aromatic carbocycles. The Balaban J connectivity index is 2.27. The minimum Gasteiger partial charge on any atom is -0.267 e. The molecule has 0 fully saturated rings. The van der Waals surface area contributed by atoms with E-state index in [-0.39, 0.29) is 0 Å². The van der Waals surface area contributed by atoms with E-state index in [0.29, 0.717) is 6.42 Å². The summed E-state index contributed by atoms with van der Waals surface area (Å²) in [6.07, 6.45) is 7.50. The van der Waals surface area contributed by atoms with Crippen molar-refractivity contribution in [2.75, 3.05) is 0 Å². The van der Waals surface area contributed by atoms with Crippen LogP contribution in [-0.2, 0) is 5.04 Å². The number of hydrogen-bond donors (Lipinski definition) is 0. The fourth-order valence-corrected chi connectivity index (χ4v) is 3.59. The van der Waals surface area contributed by atoms with Crippen LogP contribution in [0.15, 0.2) is 66.8 Å². The molecule has 3 heteroatoms. The molecule has 0 saturated heterocycles. The van der Waals surface area contributed by atoms with Gasteiger partial charge in [0.05, 0.1) is 5.04 Å². The van der Waals surface area contributed by atoms with Crippen molar-refractivity contribution in [3.63, 3.8) is 0 Å². The molecule has 0 nitrogen and oxygen atoms in total. The molecule has 19 heavy (non-hydrogen) atoms. The van der Waals surface area contributed by atoms with Crippen LogP contribution in [0.1, 0.15) is 12.0 Å². The summed E-state index contributed by atoms with van der Waals surface area (Å²) in [6.45, 7) is 0. The quantitative estimate of drug-likeness (QED) is 0.555. The monoisotopic (exact) mass is 271 g/mol. The van der Waals surface area contributed by atoms with Gasteiger partial charge in [0, 0.05) is 0 Å². The summed E-state index contributed by atoms with van der Waals surface area (Å²) in [4.78, 5) is 0. The molecule has 0 spiro atoms. The normalized spacial score (nSPS) is 22.3. The highest BCUT2D eigenvalue weighted by Crippen LogP contribution is 2.39. The van der Waals surface area contributed by atoms with Crippen LogP contribution >= 0.6 is 0 Å². The van der Waals surface area contributed by atoms with Gasteiger partial charge in [-0.1, -0.05) is 66.8 Å². The lowest BCUT2D eigenvalue weighted by Crippen LogP contribution is -2.36. The predicted molar refractivity (Wildman–Crippen MR) is 76.5 cm³/mol.